The first-order valence-electron chi connectivity index (χ1n) is 9.33. The van der Waals surface area contributed by atoms with Gasteiger partial charge in [0.05, 0.1) is 0 Å². The first-order valence-corrected chi connectivity index (χ1v) is 9.33. The molecule has 1 saturated heterocycles. The van der Waals surface area contributed by atoms with Crippen molar-refractivity contribution in [1.82, 2.24) is 19.9 Å². The third-order valence-electron chi connectivity index (χ3n) is 4.79. The van der Waals surface area contributed by atoms with Gasteiger partial charge >= 0.3 is 0 Å². The van der Waals surface area contributed by atoms with Crippen molar-refractivity contribution < 1.29 is 0 Å². The van der Waals surface area contributed by atoms with E-state index in [1.165, 1.54) is 5.69 Å². The monoisotopic (exact) mass is 364 g/mol. The van der Waals surface area contributed by atoms with Gasteiger partial charge in [0.1, 0.15) is 5.65 Å². The molecule has 7 nitrogen and oxygen atoms in total. The van der Waals surface area contributed by atoms with Gasteiger partial charge in [-0.25, -0.2) is 4.98 Å². The van der Waals surface area contributed by atoms with E-state index in [-0.39, 0.29) is 11.6 Å². The van der Waals surface area contributed by atoms with Crippen molar-refractivity contribution in [3.63, 3.8) is 0 Å². The van der Waals surface area contributed by atoms with E-state index >= 15 is 0 Å². The number of hydrogen-bond acceptors (Lipinski definition) is 6. The molecule has 1 fully saturated rings. The molecule has 0 spiro atoms. The summed E-state index contributed by atoms with van der Waals surface area (Å²) >= 11 is 0. The number of anilines is 3. The maximum atomic E-state index is 12.2. The maximum absolute atomic E-state index is 12.2. The first kappa shape index (κ1) is 17.5. The summed E-state index contributed by atoms with van der Waals surface area (Å²) in [6, 6.07) is 11.6. The van der Waals surface area contributed by atoms with Gasteiger partial charge in [0, 0.05) is 61.2 Å². The fourth-order valence-electron chi connectivity index (χ4n) is 3.41. The lowest BCUT2D eigenvalue weighted by molar-refractivity contribution is 0.589. The van der Waals surface area contributed by atoms with Gasteiger partial charge in [0.25, 0.3) is 5.56 Å². The summed E-state index contributed by atoms with van der Waals surface area (Å²) in [7, 11) is 0. The number of hydrogen-bond donors (Lipinski definition) is 2. The van der Waals surface area contributed by atoms with Crippen LogP contribution in [0.4, 0.5) is 17.3 Å². The van der Waals surface area contributed by atoms with Gasteiger partial charge in [0.15, 0.2) is 0 Å². The highest BCUT2D eigenvalue weighted by molar-refractivity contribution is 5.76. The van der Waals surface area contributed by atoms with Crippen LogP contribution in [0.15, 0.2) is 47.4 Å². The molecule has 4 rings (SSSR count). The smallest absolute Gasteiger partial charge is 0.252 e. The molecular weight excluding hydrogens is 340 g/mol. The summed E-state index contributed by atoms with van der Waals surface area (Å²) in [6.45, 7) is 8.03. The quantitative estimate of drug-likeness (QED) is 0.741. The predicted octanol–water partition coefficient (Wildman–Crippen LogP) is 2.53. The molecule has 3 heterocycles. The van der Waals surface area contributed by atoms with E-state index in [9.17, 15) is 4.79 Å². The zero-order valence-corrected chi connectivity index (χ0v) is 15.6. The summed E-state index contributed by atoms with van der Waals surface area (Å²) in [6.07, 6.45) is 1.75. The van der Waals surface area contributed by atoms with E-state index in [1.54, 1.807) is 22.9 Å². The minimum absolute atomic E-state index is 0.0299. The lowest BCUT2D eigenvalue weighted by Crippen LogP contribution is -2.43. The molecule has 1 aliphatic heterocycles. The SMILES string of the molecule is CC(C)n1c(=O)ccc2cnc(Nc3ccc(N4CCNCC4)cc3)nc21. The number of aromatic nitrogens is 3. The van der Waals surface area contributed by atoms with Gasteiger partial charge in [-0.05, 0) is 44.2 Å². The molecular formula is C20H24N6O. The standard InChI is InChI=1S/C20H24N6O/c1-14(2)26-18(27)8-3-15-13-22-20(24-19(15)26)23-16-4-6-17(7-5-16)25-11-9-21-10-12-25/h3-8,13-14,21H,9-12H2,1-2H3,(H,22,23,24). The van der Waals surface area contributed by atoms with Crippen molar-refractivity contribution in [2.45, 2.75) is 19.9 Å². The second kappa shape index (κ2) is 7.36. The normalized spacial score (nSPS) is 14.7. The zero-order chi connectivity index (χ0) is 18.8. The molecule has 0 unspecified atom stereocenters. The molecule has 0 aliphatic carbocycles. The summed E-state index contributed by atoms with van der Waals surface area (Å²) in [5, 5.41) is 7.46. The third-order valence-corrected chi connectivity index (χ3v) is 4.79. The van der Waals surface area contributed by atoms with Crippen LogP contribution >= 0.6 is 0 Å². The van der Waals surface area contributed by atoms with E-state index in [4.69, 9.17) is 0 Å². The lowest BCUT2D eigenvalue weighted by atomic mass is 10.2. The van der Waals surface area contributed by atoms with Gasteiger partial charge in [-0.2, -0.15) is 4.98 Å². The Labute approximate surface area is 158 Å². The Hall–Kier alpha value is -2.93. The van der Waals surface area contributed by atoms with Crippen molar-refractivity contribution in [1.29, 1.82) is 0 Å². The van der Waals surface area contributed by atoms with E-state index in [0.29, 0.717) is 11.6 Å². The van der Waals surface area contributed by atoms with Gasteiger partial charge in [-0.15, -0.1) is 0 Å². The number of nitrogens with zero attached hydrogens (tertiary/aromatic N) is 4. The lowest BCUT2D eigenvalue weighted by Gasteiger charge is -2.29. The molecule has 2 aromatic heterocycles. The molecule has 140 valence electrons. The Kier molecular flexibility index (Phi) is 4.77. The van der Waals surface area contributed by atoms with Crippen LogP contribution < -0.4 is 21.1 Å². The van der Waals surface area contributed by atoms with E-state index in [1.807, 2.05) is 26.0 Å². The molecule has 1 aliphatic rings. The van der Waals surface area contributed by atoms with Crippen molar-refractivity contribution >= 4 is 28.4 Å². The zero-order valence-electron chi connectivity index (χ0n) is 15.6. The van der Waals surface area contributed by atoms with Crippen molar-refractivity contribution in [3.05, 3.63) is 52.9 Å². The Bertz CT molecular complexity index is 990. The minimum Gasteiger partial charge on any atom is -0.369 e. The van der Waals surface area contributed by atoms with E-state index in [2.05, 4.69) is 37.6 Å². The average Bonchev–Trinajstić information content (AvgIpc) is 2.69. The number of nitrogens with one attached hydrogen (secondary N) is 2. The van der Waals surface area contributed by atoms with Crippen LogP contribution in [0, 0.1) is 0 Å². The number of pyridine rings is 1. The maximum Gasteiger partial charge on any atom is 0.252 e. The Balaban J connectivity index is 1.59. The van der Waals surface area contributed by atoms with E-state index in [0.717, 1.165) is 37.3 Å². The molecule has 0 radical (unpaired) electrons. The van der Waals surface area contributed by atoms with Gasteiger partial charge in [0.2, 0.25) is 5.95 Å². The fourth-order valence-corrected chi connectivity index (χ4v) is 3.41. The van der Waals surface area contributed by atoms with Crippen LogP contribution in [0.25, 0.3) is 11.0 Å². The fraction of sp³-hybridized carbons (Fsp3) is 0.350. The van der Waals surface area contributed by atoms with Crippen LogP contribution in [0.5, 0.6) is 0 Å². The number of benzene rings is 1. The second-order valence-corrected chi connectivity index (χ2v) is 7.02. The number of fused-ring (bicyclic) bond motifs is 1. The van der Waals surface area contributed by atoms with Gasteiger partial charge in [-0.1, -0.05) is 0 Å². The van der Waals surface area contributed by atoms with Crippen molar-refractivity contribution in [2.24, 2.45) is 0 Å². The molecule has 1 aromatic carbocycles. The minimum atomic E-state index is -0.0532. The van der Waals surface area contributed by atoms with Crippen LogP contribution in [0.2, 0.25) is 0 Å². The molecule has 27 heavy (non-hydrogen) atoms. The molecule has 0 saturated carbocycles. The third kappa shape index (κ3) is 3.64. The Morgan fingerprint density at radius 2 is 1.81 bits per heavy atom. The van der Waals surface area contributed by atoms with Crippen molar-refractivity contribution in [2.75, 3.05) is 36.4 Å². The van der Waals surface area contributed by atoms with Gasteiger partial charge in [-0.3, -0.25) is 9.36 Å². The molecule has 2 N–H and O–H groups in total. The van der Waals surface area contributed by atoms with Crippen molar-refractivity contribution in [3.8, 4) is 0 Å². The second-order valence-electron chi connectivity index (χ2n) is 7.02. The van der Waals surface area contributed by atoms with E-state index < -0.39 is 0 Å². The molecule has 0 atom stereocenters. The molecule has 0 bridgehead atoms. The molecule has 7 heteroatoms. The number of rotatable bonds is 4. The topological polar surface area (TPSA) is 75.1 Å². The number of piperazine rings is 1. The predicted molar refractivity (Wildman–Crippen MR) is 109 cm³/mol. The molecule has 3 aromatic rings. The summed E-state index contributed by atoms with van der Waals surface area (Å²) in [5.74, 6) is 0.484. The largest absolute Gasteiger partial charge is 0.369 e. The summed E-state index contributed by atoms with van der Waals surface area (Å²) < 4.78 is 1.69. The first-order chi connectivity index (χ1) is 13.1. The molecule has 0 amide bonds. The van der Waals surface area contributed by atoms with Gasteiger partial charge < -0.3 is 15.5 Å². The average molecular weight is 364 g/mol. The Morgan fingerprint density at radius 1 is 1.07 bits per heavy atom. The van der Waals surface area contributed by atoms with Crippen LogP contribution in [0.3, 0.4) is 0 Å². The van der Waals surface area contributed by atoms with Crippen LogP contribution in [-0.4, -0.2) is 40.7 Å². The summed E-state index contributed by atoms with van der Waals surface area (Å²) in [4.78, 5) is 23.5. The highest BCUT2D eigenvalue weighted by Crippen LogP contribution is 2.21. The van der Waals surface area contributed by atoms with Crippen LogP contribution in [0.1, 0.15) is 19.9 Å². The summed E-state index contributed by atoms with van der Waals surface area (Å²) in [5.41, 5.74) is 2.73. The highest BCUT2D eigenvalue weighted by atomic mass is 16.1. The Morgan fingerprint density at radius 3 is 2.52 bits per heavy atom. The highest BCUT2D eigenvalue weighted by Gasteiger charge is 2.11. The van der Waals surface area contributed by atoms with Crippen LogP contribution in [-0.2, 0) is 0 Å².